The highest BCUT2D eigenvalue weighted by Crippen LogP contribution is 2.11. The molecule has 0 bridgehead atoms. The van der Waals surface area contributed by atoms with Gasteiger partial charge in [-0.2, -0.15) is 0 Å². The van der Waals surface area contributed by atoms with Gasteiger partial charge in [-0.3, -0.25) is 86.9 Å². The minimum atomic E-state index is -0.335. The molecule has 0 aromatic heterocycles. The first-order chi connectivity index (χ1) is 32.3. The summed E-state index contributed by atoms with van der Waals surface area (Å²) in [5.74, 6) is -3.66. The second kappa shape index (κ2) is 28.2. The van der Waals surface area contributed by atoms with Gasteiger partial charge in [-0.25, -0.2) is 0 Å². The fourth-order valence-corrected chi connectivity index (χ4v) is 6.29. The highest BCUT2D eigenvalue weighted by atomic mass is 16.5. The Balaban J connectivity index is 0.000000221. The van der Waals surface area contributed by atoms with Gasteiger partial charge in [0, 0.05) is 86.0 Å². The molecule has 0 radical (unpaired) electrons. The van der Waals surface area contributed by atoms with Gasteiger partial charge in [0.05, 0.1) is 92.2 Å². The number of nitrogens with zero attached hydrogens (tertiary/aromatic N) is 6. The summed E-state index contributed by atoms with van der Waals surface area (Å²) in [4.78, 5) is 142. The van der Waals surface area contributed by atoms with Gasteiger partial charge in [-0.05, 0) is 12.8 Å². The smallest absolute Gasteiger partial charge is 0.253 e. The Morgan fingerprint density at radius 2 is 0.358 bits per heavy atom. The second-order valence-electron chi connectivity index (χ2n) is 14.4. The summed E-state index contributed by atoms with van der Waals surface area (Å²) >= 11 is 0. The van der Waals surface area contributed by atoms with Crippen molar-refractivity contribution in [1.29, 1.82) is 0 Å². The Labute approximate surface area is 384 Å². The molecule has 360 valence electrons. The summed E-state index contributed by atoms with van der Waals surface area (Å²) in [5, 5.41) is 0. The number of carbonyl (C=O) groups excluding carboxylic acids is 12. The summed E-state index contributed by atoms with van der Waals surface area (Å²) in [6.45, 7) is 4.65. The van der Waals surface area contributed by atoms with Crippen LogP contribution in [-0.2, 0) is 81.2 Å². The first-order valence-electron chi connectivity index (χ1n) is 21.4. The van der Waals surface area contributed by atoms with E-state index >= 15 is 0 Å². The van der Waals surface area contributed by atoms with Crippen molar-refractivity contribution in [1.82, 2.24) is 29.4 Å². The molecule has 0 atom stereocenters. The number of hydrogen-bond acceptors (Lipinski definition) is 17. The van der Waals surface area contributed by atoms with E-state index in [-0.39, 0.29) is 123 Å². The van der Waals surface area contributed by atoms with E-state index in [0.29, 0.717) is 52.7 Å². The van der Waals surface area contributed by atoms with Gasteiger partial charge < -0.3 is 23.7 Å². The molecular formula is C44H52N6O17. The maximum Gasteiger partial charge on any atom is 0.253 e. The van der Waals surface area contributed by atoms with Gasteiger partial charge in [0.25, 0.3) is 70.9 Å². The molecule has 0 aromatic carbocycles. The lowest BCUT2D eigenvalue weighted by Gasteiger charge is -2.14. The number of carbonyl (C=O) groups is 12. The molecule has 0 saturated heterocycles. The molecule has 0 fully saturated rings. The van der Waals surface area contributed by atoms with Gasteiger partial charge in [-0.1, -0.05) is 12.8 Å². The third kappa shape index (κ3) is 17.4. The predicted octanol–water partition coefficient (Wildman–Crippen LogP) is -1.85. The lowest BCUT2D eigenvalue weighted by Crippen LogP contribution is -2.34. The van der Waals surface area contributed by atoms with Crippen LogP contribution in [-0.4, -0.2) is 206 Å². The van der Waals surface area contributed by atoms with E-state index in [1.165, 1.54) is 82.7 Å². The number of rotatable bonds is 28. The normalized spacial score (nSPS) is 17.4. The molecule has 0 N–H and O–H groups in total. The third-order valence-corrected chi connectivity index (χ3v) is 9.87. The van der Waals surface area contributed by atoms with E-state index < -0.39 is 0 Å². The topological polar surface area (TPSA) is 270 Å². The van der Waals surface area contributed by atoms with E-state index in [1.54, 1.807) is 0 Å². The number of ether oxygens (including phenoxy) is 5. The van der Waals surface area contributed by atoms with Crippen LogP contribution in [0.1, 0.15) is 25.7 Å². The third-order valence-electron chi connectivity index (χ3n) is 9.87. The van der Waals surface area contributed by atoms with Crippen LogP contribution < -0.4 is 0 Å². The Morgan fingerprint density at radius 1 is 0.209 bits per heavy atom. The molecule has 6 rings (SSSR count). The summed E-state index contributed by atoms with van der Waals surface area (Å²) in [5.41, 5.74) is 0. The van der Waals surface area contributed by atoms with Crippen molar-refractivity contribution in [2.75, 3.05) is 105 Å². The van der Waals surface area contributed by atoms with Crippen molar-refractivity contribution in [3.63, 3.8) is 0 Å². The molecule has 6 aliphatic rings. The van der Waals surface area contributed by atoms with Crippen LogP contribution in [0.3, 0.4) is 0 Å². The monoisotopic (exact) mass is 936 g/mol. The summed E-state index contributed by atoms with van der Waals surface area (Å²) in [7, 11) is 0. The lowest BCUT2D eigenvalue weighted by atomic mass is 10.2. The van der Waals surface area contributed by atoms with E-state index in [0.717, 1.165) is 45.3 Å². The largest absolute Gasteiger partial charge is 0.377 e. The highest BCUT2D eigenvalue weighted by Gasteiger charge is 2.26. The van der Waals surface area contributed by atoms with E-state index in [1.807, 2.05) is 0 Å². The quantitative estimate of drug-likeness (QED) is 0.0616. The zero-order chi connectivity index (χ0) is 48.6. The Morgan fingerprint density at radius 3 is 0.537 bits per heavy atom. The number of amides is 12. The standard InChI is InChI=1S/C16H20N2O7.C14H16N2O6.C14H16N2O4/c19-13-1-2-14(20)17(13)5-7-23-9-11-25-12-10-24-8-6-18-15(21)3-4-16(18)22;17-11-1-2-12(18)15(11)5-7-21-9-10-22-8-6-16-13(19)3-4-14(16)20;17-11-5-6-12(18)15(11)9-3-1-2-4-10-16-13(19)7-8-14(16)20/h1-4H,5-12H2;1-4H,5-10H2;5-8H,1-4,9-10H2. The maximum atomic E-state index is 11.3. The average molecular weight is 937 g/mol. The molecular weight excluding hydrogens is 885 g/mol. The fourth-order valence-electron chi connectivity index (χ4n) is 6.29. The Kier molecular flexibility index (Phi) is 22.2. The molecule has 23 nitrogen and oxygen atoms in total. The van der Waals surface area contributed by atoms with E-state index in [4.69, 9.17) is 23.7 Å². The Bertz CT molecular complexity index is 1840. The molecule has 0 spiro atoms. The van der Waals surface area contributed by atoms with E-state index in [2.05, 4.69) is 0 Å². The minimum Gasteiger partial charge on any atom is -0.377 e. The van der Waals surface area contributed by atoms with Crippen molar-refractivity contribution in [3.8, 4) is 0 Å². The average Bonchev–Trinajstić information content (AvgIpc) is 4.15. The first kappa shape index (κ1) is 52.7. The first-order valence-corrected chi connectivity index (χ1v) is 21.4. The Hall–Kier alpha value is -6.92. The molecule has 6 heterocycles. The minimum absolute atomic E-state index is 0.202. The van der Waals surface area contributed by atoms with Crippen LogP contribution in [0.5, 0.6) is 0 Å². The molecule has 0 saturated carbocycles. The number of hydrogen-bond donors (Lipinski definition) is 0. The van der Waals surface area contributed by atoms with Crippen molar-refractivity contribution >= 4 is 70.9 Å². The highest BCUT2D eigenvalue weighted by molar-refractivity contribution is 6.15. The van der Waals surface area contributed by atoms with Crippen LogP contribution in [0.2, 0.25) is 0 Å². The van der Waals surface area contributed by atoms with E-state index in [9.17, 15) is 57.5 Å². The maximum absolute atomic E-state index is 11.3. The molecule has 67 heavy (non-hydrogen) atoms. The van der Waals surface area contributed by atoms with Gasteiger partial charge in [0.2, 0.25) is 0 Å². The summed E-state index contributed by atoms with van der Waals surface area (Å²) in [6.07, 6.45) is 18.1. The molecule has 23 heteroatoms. The van der Waals surface area contributed by atoms with Gasteiger partial charge in [-0.15, -0.1) is 0 Å². The van der Waals surface area contributed by atoms with Crippen LogP contribution in [0.15, 0.2) is 72.9 Å². The fraction of sp³-hybridized carbons (Fsp3) is 0.455. The number of unbranched alkanes of at least 4 members (excludes halogenated alkanes) is 3. The van der Waals surface area contributed by atoms with Crippen LogP contribution in [0.4, 0.5) is 0 Å². The van der Waals surface area contributed by atoms with Crippen molar-refractivity contribution in [2.24, 2.45) is 0 Å². The van der Waals surface area contributed by atoms with Gasteiger partial charge in [0.1, 0.15) is 0 Å². The molecule has 0 unspecified atom stereocenters. The second-order valence-corrected chi connectivity index (χ2v) is 14.4. The summed E-state index contributed by atoms with van der Waals surface area (Å²) in [6, 6.07) is 0. The predicted molar refractivity (Wildman–Crippen MR) is 228 cm³/mol. The zero-order valence-electron chi connectivity index (χ0n) is 36.7. The van der Waals surface area contributed by atoms with Crippen LogP contribution >= 0.6 is 0 Å². The van der Waals surface area contributed by atoms with Crippen molar-refractivity contribution in [3.05, 3.63) is 72.9 Å². The molecule has 0 aromatic rings. The molecule has 0 aliphatic carbocycles. The lowest BCUT2D eigenvalue weighted by molar-refractivity contribution is -0.139. The number of imide groups is 6. The molecule has 6 aliphatic heterocycles. The van der Waals surface area contributed by atoms with Crippen LogP contribution in [0.25, 0.3) is 0 Å². The zero-order valence-corrected chi connectivity index (χ0v) is 36.7. The van der Waals surface area contributed by atoms with Gasteiger partial charge >= 0.3 is 0 Å². The summed E-state index contributed by atoms with van der Waals surface area (Å²) < 4.78 is 26.4. The molecule has 12 amide bonds. The van der Waals surface area contributed by atoms with Crippen LogP contribution in [0, 0.1) is 0 Å². The van der Waals surface area contributed by atoms with Gasteiger partial charge in [0.15, 0.2) is 0 Å². The van der Waals surface area contributed by atoms with Crippen molar-refractivity contribution < 1.29 is 81.2 Å². The van der Waals surface area contributed by atoms with Crippen molar-refractivity contribution in [2.45, 2.75) is 25.7 Å². The SMILES string of the molecule is O=C1C=CC(=O)N1CCCCCCN1C(=O)C=CC1=O.O=C1C=CC(=O)N1CCOCCOCCN1C(=O)C=CC1=O.O=C1C=CC(=O)N1CCOCCOCCOCCN1C(=O)C=CC1=O.